The molecule has 0 saturated carbocycles. The Labute approximate surface area is 102 Å². The first-order valence-corrected chi connectivity index (χ1v) is 5.57. The highest BCUT2D eigenvalue weighted by molar-refractivity contribution is 5.70. The van der Waals surface area contributed by atoms with E-state index in [0.29, 0.717) is 13.0 Å². The summed E-state index contributed by atoms with van der Waals surface area (Å²) in [5.74, 6) is -0.210. The van der Waals surface area contributed by atoms with E-state index < -0.39 is 0 Å². The van der Waals surface area contributed by atoms with Gasteiger partial charge in [0.2, 0.25) is 0 Å². The van der Waals surface area contributed by atoms with Gasteiger partial charge in [0.15, 0.2) is 0 Å². The number of methoxy groups -OCH3 is 2. The molecule has 0 aliphatic heterocycles. The Bertz CT molecular complexity index is 365. The molecule has 1 atom stereocenters. The first kappa shape index (κ1) is 13.5. The molecule has 0 radical (unpaired) electrons. The van der Waals surface area contributed by atoms with E-state index in [4.69, 9.17) is 4.74 Å². The number of carbonyl (C=O) groups excluding carboxylic acids is 1. The van der Waals surface area contributed by atoms with Crippen molar-refractivity contribution < 1.29 is 14.3 Å². The van der Waals surface area contributed by atoms with Crippen LogP contribution < -0.4 is 5.32 Å². The molecule has 0 heterocycles. The molecule has 0 aromatic heterocycles. The summed E-state index contributed by atoms with van der Waals surface area (Å²) in [6, 6.07) is 7.98. The lowest BCUT2D eigenvalue weighted by Crippen LogP contribution is -2.20. The molecule has 1 aromatic carbocycles. The van der Waals surface area contributed by atoms with Crippen molar-refractivity contribution >= 4 is 11.7 Å². The maximum absolute atomic E-state index is 11.1. The van der Waals surface area contributed by atoms with Gasteiger partial charge in [-0.05, 0) is 24.6 Å². The molecule has 17 heavy (non-hydrogen) atoms. The average molecular weight is 237 g/mol. The summed E-state index contributed by atoms with van der Waals surface area (Å²) in [6.07, 6.45) is 0.352. The van der Waals surface area contributed by atoms with E-state index in [1.807, 2.05) is 31.2 Å². The molecular weight excluding hydrogens is 218 g/mol. The van der Waals surface area contributed by atoms with Gasteiger partial charge in [0.25, 0.3) is 0 Å². The quantitative estimate of drug-likeness (QED) is 0.770. The maximum Gasteiger partial charge on any atom is 0.307 e. The number of hydrogen-bond acceptors (Lipinski definition) is 4. The highest BCUT2D eigenvalue weighted by Gasteiger charge is 2.08. The van der Waals surface area contributed by atoms with Crippen LogP contribution in [0.3, 0.4) is 0 Å². The summed E-state index contributed by atoms with van der Waals surface area (Å²) < 4.78 is 9.69. The Morgan fingerprint density at radius 3 is 2.82 bits per heavy atom. The predicted octanol–water partition coefficient (Wildman–Crippen LogP) is 2.20. The van der Waals surface area contributed by atoms with Crippen LogP contribution in [-0.4, -0.2) is 26.2 Å². The number of rotatable bonds is 6. The van der Waals surface area contributed by atoms with Crippen LogP contribution in [0.2, 0.25) is 0 Å². The molecule has 1 rings (SSSR count). The molecule has 4 nitrogen and oxygen atoms in total. The molecule has 0 saturated heterocycles. The third kappa shape index (κ3) is 4.87. The average Bonchev–Trinajstić information content (AvgIpc) is 2.29. The van der Waals surface area contributed by atoms with E-state index in [-0.39, 0.29) is 12.0 Å². The van der Waals surface area contributed by atoms with Crippen molar-refractivity contribution in [2.24, 2.45) is 0 Å². The molecule has 0 aliphatic rings. The third-order valence-corrected chi connectivity index (χ3v) is 2.35. The number of hydrogen-bond donors (Lipinski definition) is 1. The molecule has 1 N–H and O–H groups in total. The number of anilines is 1. The zero-order valence-corrected chi connectivity index (χ0v) is 10.5. The lowest BCUT2D eigenvalue weighted by Gasteiger charge is -2.14. The van der Waals surface area contributed by atoms with Crippen LogP contribution in [0.4, 0.5) is 5.69 Å². The summed E-state index contributed by atoms with van der Waals surface area (Å²) in [5, 5.41) is 3.25. The van der Waals surface area contributed by atoms with E-state index >= 15 is 0 Å². The Kier molecular flexibility index (Phi) is 5.49. The van der Waals surface area contributed by atoms with E-state index in [1.165, 1.54) is 7.11 Å². The molecule has 94 valence electrons. The van der Waals surface area contributed by atoms with Crippen LogP contribution in [0.15, 0.2) is 24.3 Å². The van der Waals surface area contributed by atoms with Gasteiger partial charge in [0, 0.05) is 18.8 Å². The summed E-state index contributed by atoms with van der Waals surface area (Å²) in [5.41, 5.74) is 2.08. The van der Waals surface area contributed by atoms with Gasteiger partial charge in [-0.2, -0.15) is 0 Å². The van der Waals surface area contributed by atoms with Gasteiger partial charge in [-0.25, -0.2) is 0 Å². The largest absolute Gasteiger partial charge is 0.469 e. The van der Waals surface area contributed by atoms with Crippen molar-refractivity contribution in [3.8, 4) is 0 Å². The Morgan fingerprint density at radius 1 is 1.41 bits per heavy atom. The molecule has 0 aliphatic carbocycles. The van der Waals surface area contributed by atoms with Gasteiger partial charge in [-0.15, -0.1) is 0 Å². The van der Waals surface area contributed by atoms with Crippen LogP contribution >= 0.6 is 0 Å². The smallest absolute Gasteiger partial charge is 0.307 e. The van der Waals surface area contributed by atoms with Gasteiger partial charge < -0.3 is 14.8 Å². The molecule has 0 spiro atoms. The lowest BCUT2D eigenvalue weighted by molar-refractivity contribution is -0.140. The van der Waals surface area contributed by atoms with Crippen LogP contribution in [0.25, 0.3) is 0 Å². The number of nitrogens with one attached hydrogen (secondary N) is 1. The van der Waals surface area contributed by atoms with Gasteiger partial charge >= 0.3 is 5.97 Å². The third-order valence-electron chi connectivity index (χ3n) is 2.35. The van der Waals surface area contributed by atoms with Crippen molar-refractivity contribution in [1.82, 2.24) is 0 Å². The molecule has 0 amide bonds. The number of carbonyl (C=O) groups is 1. The van der Waals surface area contributed by atoms with Crippen LogP contribution in [0.1, 0.15) is 18.9 Å². The van der Waals surface area contributed by atoms with Gasteiger partial charge in [0.05, 0.1) is 20.1 Å². The molecule has 1 unspecified atom stereocenters. The van der Waals surface area contributed by atoms with Gasteiger partial charge in [-0.1, -0.05) is 12.1 Å². The topological polar surface area (TPSA) is 47.6 Å². The Balaban J connectivity index is 2.55. The standard InChI is InChI=1S/C13H19NO3/c1-10(7-13(15)17-3)14-12-6-4-5-11(8-12)9-16-2/h4-6,8,10,14H,7,9H2,1-3H3. The molecular formula is C13H19NO3. The Hall–Kier alpha value is -1.55. The van der Waals surface area contributed by atoms with Gasteiger partial charge in [-0.3, -0.25) is 4.79 Å². The molecule has 1 aromatic rings. The first-order chi connectivity index (χ1) is 8.15. The lowest BCUT2D eigenvalue weighted by atomic mass is 10.2. The van der Waals surface area contributed by atoms with E-state index in [9.17, 15) is 4.79 Å². The highest BCUT2D eigenvalue weighted by atomic mass is 16.5. The normalized spacial score (nSPS) is 11.9. The van der Waals surface area contributed by atoms with E-state index in [1.54, 1.807) is 7.11 Å². The zero-order chi connectivity index (χ0) is 12.7. The first-order valence-electron chi connectivity index (χ1n) is 5.57. The minimum Gasteiger partial charge on any atom is -0.469 e. The molecule has 0 bridgehead atoms. The predicted molar refractivity (Wildman–Crippen MR) is 66.9 cm³/mol. The van der Waals surface area contributed by atoms with Crippen LogP contribution in [0.5, 0.6) is 0 Å². The second-order valence-electron chi connectivity index (χ2n) is 3.96. The highest BCUT2D eigenvalue weighted by Crippen LogP contribution is 2.13. The summed E-state index contributed by atoms with van der Waals surface area (Å²) >= 11 is 0. The maximum atomic E-state index is 11.1. The van der Waals surface area contributed by atoms with Crippen molar-refractivity contribution in [3.63, 3.8) is 0 Å². The second kappa shape index (κ2) is 6.91. The van der Waals surface area contributed by atoms with Gasteiger partial charge in [0.1, 0.15) is 0 Å². The number of ether oxygens (including phenoxy) is 2. The van der Waals surface area contributed by atoms with Crippen molar-refractivity contribution in [3.05, 3.63) is 29.8 Å². The monoisotopic (exact) mass is 237 g/mol. The zero-order valence-electron chi connectivity index (χ0n) is 10.5. The van der Waals surface area contributed by atoms with Crippen LogP contribution in [0, 0.1) is 0 Å². The fraction of sp³-hybridized carbons (Fsp3) is 0.462. The fourth-order valence-electron chi connectivity index (χ4n) is 1.59. The Morgan fingerprint density at radius 2 is 2.18 bits per heavy atom. The second-order valence-corrected chi connectivity index (χ2v) is 3.96. The van der Waals surface area contributed by atoms with Crippen molar-refractivity contribution in [2.75, 3.05) is 19.5 Å². The van der Waals surface area contributed by atoms with Crippen LogP contribution in [-0.2, 0) is 20.9 Å². The minimum absolute atomic E-state index is 0.0419. The summed E-state index contributed by atoms with van der Waals surface area (Å²) in [7, 11) is 3.06. The fourth-order valence-corrected chi connectivity index (χ4v) is 1.59. The van der Waals surface area contributed by atoms with E-state index in [2.05, 4.69) is 10.1 Å². The van der Waals surface area contributed by atoms with Crippen molar-refractivity contribution in [2.45, 2.75) is 26.0 Å². The molecule has 0 fully saturated rings. The van der Waals surface area contributed by atoms with Crippen molar-refractivity contribution in [1.29, 1.82) is 0 Å². The molecule has 4 heteroatoms. The number of benzene rings is 1. The van der Waals surface area contributed by atoms with E-state index in [0.717, 1.165) is 11.3 Å². The summed E-state index contributed by atoms with van der Waals surface area (Å²) in [4.78, 5) is 11.1. The SMILES string of the molecule is COCc1cccc(NC(C)CC(=O)OC)c1. The minimum atomic E-state index is -0.210. The summed E-state index contributed by atoms with van der Waals surface area (Å²) in [6.45, 7) is 2.53. The number of esters is 1.